The maximum atomic E-state index is 10.8. The van der Waals surface area contributed by atoms with Gasteiger partial charge in [0.05, 0.1) is 24.0 Å². The van der Waals surface area contributed by atoms with E-state index in [4.69, 9.17) is 9.47 Å². The Kier molecular flexibility index (Phi) is 4.87. The zero-order valence-electron chi connectivity index (χ0n) is 13.2. The Hall–Kier alpha value is -1.37. The molecule has 0 saturated carbocycles. The summed E-state index contributed by atoms with van der Waals surface area (Å²) in [4.78, 5) is 1.16. The van der Waals surface area contributed by atoms with Crippen LogP contribution < -0.4 is 5.32 Å². The lowest BCUT2D eigenvalue weighted by Crippen LogP contribution is -2.63. The lowest BCUT2D eigenvalue weighted by atomic mass is 9.97. The molecule has 0 aromatic heterocycles. The van der Waals surface area contributed by atoms with E-state index >= 15 is 0 Å². The molecule has 2 aliphatic rings. The third-order valence-corrected chi connectivity index (χ3v) is 5.80. The van der Waals surface area contributed by atoms with Gasteiger partial charge in [0.1, 0.15) is 6.10 Å². The van der Waals surface area contributed by atoms with Gasteiger partial charge in [0.15, 0.2) is 6.29 Å². The van der Waals surface area contributed by atoms with Crippen LogP contribution in [0.15, 0.2) is 65.6 Å². The van der Waals surface area contributed by atoms with Gasteiger partial charge in [-0.3, -0.25) is 0 Å². The van der Waals surface area contributed by atoms with Crippen LogP contribution in [0.1, 0.15) is 11.9 Å². The number of ether oxygens (including phenoxy) is 2. The van der Waals surface area contributed by atoms with Crippen molar-refractivity contribution in [1.82, 2.24) is 5.32 Å². The molecule has 4 rings (SSSR count). The van der Waals surface area contributed by atoms with Crippen molar-refractivity contribution in [3.63, 3.8) is 0 Å². The molecule has 4 nitrogen and oxygen atoms in total. The van der Waals surface area contributed by atoms with E-state index < -0.39 is 12.4 Å². The van der Waals surface area contributed by atoms with E-state index in [2.05, 4.69) is 17.4 Å². The second kappa shape index (κ2) is 7.25. The lowest BCUT2D eigenvalue weighted by molar-refractivity contribution is -0.254. The number of hydrogen-bond acceptors (Lipinski definition) is 5. The number of nitrogens with one attached hydrogen (secondary N) is 1. The molecule has 2 fully saturated rings. The summed E-state index contributed by atoms with van der Waals surface area (Å²) in [7, 11) is 0. The van der Waals surface area contributed by atoms with Crippen LogP contribution in [0.3, 0.4) is 0 Å². The van der Waals surface area contributed by atoms with Crippen molar-refractivity contribution >= 4 is 11.8 Å². The Morgan fingerprint density at radius 1 is 1.00 bits per heavy atom. The highest BCUT2D eigenvalue weighted by Gasteiger charge is 2.44. The normalized spacial score (nSPS) is 33.0. The molecule has 0 spiro atoms. The summed E-state index contributed by atoms with van der Waals surface area (Å²) in [5.74, 6) is 0. The van der Waals surface area contributed by atoms with Gasteiger partial charge in [-0.25, -0.2) is 0 Å². The van der Waals surface area contributed by atoms with Crippen molar-refractivity contribution in [2.75, 3.05) is 13.2 Å². The minimum atomic E-state index is -0.531. The smallest absolute Gasteiger partial charge is 0.184 e. The molecule has 126 valence electrons. The molecular weight excluding hydrogens is 322 g/mol. The van der Waals surface area contributed by atoms with Gasteiger partial charge in [-0.1, -0.05) is 48.5 Å². The number of fused-ring (bicyclic) bond motifs is 1. The number of aliphatic hydroxyl groups is 1. The zero-order chi connectivity index (χ0) is 16.4. The summed E-state index contributed by atoms with van der Waals surface area (Å²) < 4.78 is 11.9. The van der Waals surface area contributed by atoms with Gasteiger partial charge in [-0.15, -0.1) is 11.8 Å². The van der Waals surface area contributed by atoms with Crippen LogP contribution in [0.5, 0.6) is 0 Å². The predicted octanol–water partition coefficient (Wildman–Crippen LogP) is 2.59. The fourth-order valence-corrected chi connectivity index (χ4v) is 4.36. The van der Waals surface area contributed by atoms with Crippen LogP contribution in [-0.4, -0.2) is 41.8 Å². The van der Waals surface area contributed by atoms with Crippen LogP contribution in [-0.2, 0) is 9.47 Å². The van der Waals surface area contributed by atoms with Gasteiger partial charge in [-0.05, 0) is 12.1 Å². The molecule has 0 radical (unpaired) electrons. The van der Waals surface area contributed by atoms with Gasteiger partial charge >= 0.3 is 0 Å². The summed E-state index contributed by atoms with van der Waals surface area (Å²) in [6, 6.07) is 20.1. The first-order valence-corrected chi connectivity index (χ1v) is 9.14. The number of thioether (sulfide) groups is 1. The van der Waals surface area contributed by atoms with Crippen LogP contribution in [0.25, 0.3) is 0 Å². The average molecular weight is 343 g/mol. The largest absolute Gasteiger partial charge is 0.389 e. The summed E-state index contributed by atoms with van der Waals surface area (Å²) in [6.45, 7) is 1.29. The van der Waals surface area contributed by atoms with Crippen molar-refractivity contribution in [3.05, 3.63) is 66.2 Å². The predicted molar refractivity (Wildman–Crippen MR) is 93.9 cm³/mol. The molecule has 5 heteroatoms. The Morgan fingerprint density at radius 2 is 1.71 bits per heavy atom. The zero-order valence-corrected chi connectivity index (χ0v) is 14.1. The summed E-state index contributed by atoms with van der Waals surface area (Å²) in [5.41, 5.74) is 0.987. The molecule has 24 heavy (non-hydrogen) atoms. The number of rotatable bonds is 3. The molecule has 2 aromatic carbocycles. The monoisotopic (exact) mass is 343 g/mol. The quantitative estimate of drug-likeness (QED) is 0.897. The Morgan fingerprint density at radius 3 is 2.46 bits per heavy atom. The van der Waals surface area contributed by atoms with E-state index in [1.165, 1.54) is 0 Å². The third-order valence-electron chi connectivity index (χ3n) is 4.51. The molecule has 0 bridgehead atoms. The molecule has 5 atom stereocenters. The van der Waals surface area contributed by atoms with E-state index in [9.17, 15) is 5.11 Å². The second-order valence-corrected chi connectivity index (χ2v) is 7.46. The van der Waals surface area contributed by atoms with Crippen LogP contribution in [0, 0.1) is 0 Å². The summed E-state index contributed by atoms with van der Waals surface area (Å²) in [5, 5.41) is 14.4. The van der Waals surface area contributed by atoms with E-state index in [0.717, 1.165) is 17.0 Å². The van der Waals surface area contributed by atoms with Gasteiger partial charge in [-0.2, -0.15) is 0 Å². The Labute approximate surface area is 146 Å². The molecule has 0 amide bonds. The standard InChI is InChI=1S/C19H21NO3S/c21-17-16(24-14-9-5-2-6-10-14)11-20-15-12-22-19(23-18(15)17)13-7-3-1-4-8-13/h1-10,15-21H,11-12H2/t15-,16+,17-,18-,19-/m1/s1. The lowest BCUT2D eigenvalue weighted by Gasteiger charge is -2.45. The van der Waals surface area contributed by atoms with Gasteiger partial charge in [0.2, 0.25) is 0 Å². The van der Waals surface area contributed by atoms with Gasteiger partial charge in [0, 0.05) is 17.0 Å². The maximum absolute atomic E-state index is 10.8. The molecule has 0 aliphatic carbocycles. The van der Waals surface area contributed by atoms with Crippen LogP contribution in [0.2, 0.25) is 0 Å². The first kappa shape index (κ1) is 16.1. The van der Waals surface area contributed by atoms with E-state index in [1.54, 1.807) is 11.8 Å². The highest BCUT2D eigenvalue weighted by Crippen LogP contribution is 2.35. The molecule has 2 heterocycles. The topological polar surface area (TPSA) is 50.7 Å². The number of hydrogen-bond donors (Lipinski definition) is 2. The fourth-order valence-electron chi connectivity index (χ4n) is 3.23. The van der Waals surface area contributed by atoms with E-state index in [1.807, 2.05) is 48.5 Å². The van der Waals surface area contributed by atoms with E-state index in [0.29, 0.717) is 6.61 Å². The third kappa shape index (κ3) is 3.36. The second-order valence-electron chi connectivity index (χ2n) is 6.15. The minimum absolute atomic E-state index is 0.0348. The maximum Gasteiger partial charge on any atom is 0.184 e. The Balaban J connectivity index is 1.46. The number of piperidine rings is 1. The molecule has 2 N–H and O–H groups in total. The molecular formula is C19H21NO3S. The van der Waals surface area contributed by atoms with Crippen molar-refractivity contribution in [1.29, 1.82) is 0 Å². The highest BCUT2D eigenvalue weighted by atomic mass is 32.2. The first-order chi connectivity index (χ1) is 11.8. The van der Waals surface area contributed by atoms with Crippen molar-refractivity contribution < 1.29 is 14.6 Å². The number of aliphatic hydroxyl groups excluding tert-OH is 1. The van der Waals surface area contributed by atoms with Gasteiger partial charge < -0.3 is 19.9 Å². The van der Waals surface area contributed by atoms with Crippen molar-refractivity contribution in [2.24, 2.45) is 0 Å². The number of benzene rings is 2. The molecule has 2 saturated heterocycles. The highest BCUT2D eigenvalue weighted by molar-refractivity contribution is 8.00. The SMILES string of the molecule is O[C@H]1[C@@H]2O[C@H](c3ccccc3)OC[C@H]2NC[C@@H]1Sc1ccccc1. The fraction of sp³-hybridized carbons (Fsp3) is 0.368. The van der Waals surface area contributed by atoms with Crippen LogP contribution >= 0.6 is 11.8 Å². The molecule has 0 unspecified atom stereocenters. The minimum Gasteiger partial charge on any atom is -0.389 e. The van der Waals surface area contributed by atoms with Crippen LogP contribution in [0.4, 0.5) is 0 Å². The molecule has 2 aliphatic heterocycles. The van der Waals surface area contributed by atoms with Crippen molar-refractivity contribution in [3.8, 4) is 0 Å². The van der Waals surface area contributed by atoms with Crippen molar-refractivity contribution in [2.45, 2.75) is 34.7 Å². The summed E-state index contributed by atoms with van der Waals surface area (Å²) in [6.07, 6.45) is -1.21. The van der Waals surface area contributed by atoms with Gasteiger partial charge in [0.25, 0.3) is 0 Å². The average Bonchev–Trinajstić information content (AvgIpc) is 2.65. The molecule has 2 aromatic rings. The first-order valence-electron chi connectivity index (χ1n) is 8.26. The van der Waals surface area contributed by atoms with E-state index in [-0.39, 0.29) is 17.4 Å². The Bertz CT molecular complexity index is 654. The summed E-state index contributed by atoms with van der Waals surface area (Å²) >= 11 is 1.69.